The highest BCUT2D eigenvalue weighted by atomic mass is 32.2. The monoisotopic (exact) mass is 1650 g/mol. The molecule has 3 aromatic rings. The number of aromatic amines is 1. The Morgan fingerprint density at radius 1 is 0.457 bits per heavy atom. The van der Waals surface area contributed by atoms with Crippen LogP contribution in [0.15, 0.2) is 70.8 Å². The summed E-state index contributed by atoms with van der Waals surface area (Å²) >= 11 is 1.26. The number of carbonyl (C=O) groups excluding carboxylic acids is 13. The molecular weight excluding hydrogens is 1540 g/mol. The van der Waals surface area contributed by atoms with Crippen molar-refractivity contribution >= 4 is 123 Å². The number of aliphatic hydroxyl groups is 2. The number of aliphatic imine (C=N–C) groups is 2. The average molecular weight is 1650 g/mol. The van der Waals surface area contributed by atoms with E-state index in [4.69, 9.17) is 45.9 Å². The third-order valence-corrected chi connectivity index (χ3v) is 19.1. The number of nitrogens with one attached hydrogen (secondary N) is 13. The fourth-order valence-corrected chi connectivity index (χ4v) is 12.1. The molecule has 13 amide bonds. The summed E-state index contributed by atoms with van der Waals surface area (Å²) in [7, 11) is 0. The van der Waals surface area contributed by atoms with Gasteiger partial charge < -0.3 is 135 Å². The van der Waals surface area contributed by atoms with Crippen LogP contribution in [0, 0.1) is 5.92 Å². The van der Waals surface area contributed by atoms with Gasteiger partial charge in [0.2, 0.25) is 76.8 Å². The van der Waals surface area contributed by atoms with Gasteiger partial charge in [-0.05, 0) is 132 Å². The maximum Gasteiger partial charge on any atom is 0.326 e. The van der Waals surface area contributed by atoms with Gasteiger partial charge in [0.15, 0.2) is 11.9 Å². The maximum atomic E-state index is 14.8. The molecule has 644 valence electrons. The van der Waals surface area contributed by atoms with Gasteiger partial charge in [-0.2, -0.15) is 11.8 Å². The molecule has 14 atom stereocenters. The largest absolute Gasteiger partial charge is 0.481 e. The molecule has 0 radical (unpaired) electrons. The van der Waals surface area contributed by atoms with E-state index >= 15 is 0 Å². The number of unbranched alkanes of at least 4 members (excludes halogenated alkanes) is 2. The number of H-pyrrole nitrogens is 1. The number of carboxylic acid groups (broad SMARTS) is 2. The molecule has 1 heterocycles. The molecule has 3 rings (SSSR count). The lowest BCUT2D eigenvalue weighted by molar-refractivity contribution is -0.147. The Hall–Kier alpha value is -11.3. The second-order valence-corrected chi connectivity index (χ2v) is 28.6. The van der Waals surface area contributed by atoms with Gasteiger partial charge >= 0.3 is 11.9 Å². The number of guanidine groups is 2. The number of hydrogen-bond donors (Lipinski definition) is 25. The number of aliphatic carboxylic acids is 2. The van der Waals surface area contributed by atoms with E-state index in [0.717, 1.165) is 0 Å². The zero-order chi connectivity index (χ0) is 86.6. The van der Waals surface area contributed by atoms with Crippen LogP contribution in [0.1, 0.15) is 128 Å². The van der Waals surface area contributed by atoms with Crippen LogP contribution in [0.3, 0.4) is 0 Å². The highest BCUT2D eigenvalue weighted by Crippen LogP contribution is 2.21. The van der Waals surface area contributed by atoms with Crippen molar-refractivity contribution in [2.24, 2.45) is 61.8 Å². The number of aliphatic hydroxyl groups excluding tert-OH is 2. The molecule has 116 heavy (non-hydrogen) atoms. The number of rotatable bonds is 57. The number of fused-ring (bicyclic) bond motifs is 1. The first-order valence-corrected chi connectivity index (χ1v) is 39.4. The van der Waals surface area contributed by atoms with Gasteiger partial charge in [0.25, 0.3) is 0 Å². The topological polar surface area (TPSA) is 730 Å². The van der Waals surface area contributed by atoms with E-state index in [1.165, 1.54) is 18.7 Å². The zero-order valence-electron chi connectivity index (χ0n) is 65.7. The number of para-hydroxylation sites is 1. The Labute approximate surface area is 675 Å². The fraction of sp³-hybridized carbons (Fsp3) is 0.575. The van der Waals surface area contributed by atoms with Crippen LogP contribution < -0.4 is 110 Å². The van der Waals surface area contributed by atoms with Crippen molar-refractivity contribution < 1.29 is 92.3 Å². The van der Waals surface area contributed by atoms with E-state index in [1.807, 2.05) is 0 Å². The van der Waals surface area contributed by atoms with Crippen molar-refractivity contribution in [2.75, 3.05) is 51.4 Å². The summed E-state index contributed by atoms with van der Waals surface area (Å²) in [5.74, 6) is -16.9. The molecular formula is C73H117N23O19S. The average Bonchev–Trinajstić information content (AvgIpc) is 1.65. The SMILES string of the molecule is CC[C@H](C)[C@H](NC(=O)[C@H](CCCN=C(N)N)NC(=O)[C@H](Cc1ccccc1)NC(=O)[C@H](C)NC(=O)[C@H](CCC(N)=O)NC(=O)[C@H](CCSC)NC(=O)[C@H](CCCCN)NC(=O)[C@H](CO)NC(=O)[C@H](CO)NC(=O)[C@H](CCCCN)NC(=O)[C@@H](N)CCCN=C(N)N)C(=O)N[C@@H](Cc1c[nH]c2ccccc12)C(=O)N[C@@H](CC(=O)O)C(=O)O. The summed E-state index contributed by atoms with van der Waals surface area (Å²) < 4.78 is 0. The first-order chi connectivity index (χ1) is 55.1. The molecule has 0 aliphatic heterocycles. The summed E-state index contributed by atoms with van der Waals surface area (Å²) in [4.78, 5) is 217. The van der Waals surface area contributed by atoms with E-state index in [2.05, 4.69) is 78.8 Å². The van der Waals surface area contributed by atoms with Crippen molar-refractivity contribution in [3.05, 3.63) is 71.9 Å². The number of carbonyl (C=O) groups is 15. The highest BCUT2D eigenvalue weighted by Gasteiger charge is 2.38. The summed E-state index contributed by atoms with van der Waals surface area (Å²) in [5.41, 5.74) is 46.6. The Balaban J connectivity index is 1.92. The van der Waals surface area contributed by atoms with E-state index in [-0.39, 0.29) is 108 Å². The number of carboxylic acids is 2. The molecule has 2 aromatic carbocycles. The number of primary amides is 1. The predicted molar refractivity (Wildman–Crippen MR) is 430 cm³/mol. The predicted octanol–water partition coefficient (Wildman–Crippen LogP) is -6.91. The summed E-state index contributed by atoms with van der Waals surface area (Å²) in [6.07, 6.45) is 2.46. The molecule has 1 aromatic heterocycles. The molecule has 42 nitrogen and oxygen atoms in total. The second kappa shape index (κ2) is 53.0. The van der Waals surface area contributed by atoms with Gasteiger partial charge in [-0.3, -0.25) is 77.1 Å². The van der Waals surface area contributed by atoms with Gasteiger partial charge in [-0.1, -0.05) is 68.8 Å². The van der Waals surface area contributed by atoms with Gasteiger partial charge in [0, 0.05) is 49.5 Å². The lowest BCUT2D eigenvalue weighted by atomic mass is 9.96. The lowest BCUT2D eigenvalue weighted by Gasteiger charge is -2.29. The molecule has 0 fully saturated rings. The fourth-order valence-electron chi connectivity index (χ4n) is 11.6. The third-order valence-electron chi connectivity index (χ3n) is 18.4. The summed E-state index contributed by atoms with van der Waals surface area (Å²) in [5, 5.41) is 70.6. The van der Waals surface area contributed by atoms with Gasteiger partial charge in [0.1, 0.15) is 72.5 Å². The second-order valence-electron chi connectivity index (χ2n) is 27.6. The minimum atomic E-state index is -1.91. The van der Waals surface area contributed by atoms with E-state index in [1.54, 1.807) is 80.9 Å². The van der Waals surface area contributed by atoms with Crippen molar-refractivity contribution in [1.29, 1.82) is 0 Å². The minimum Gasteiger partial charge on any atom is -0.481 e. The smallest absolute Gasteiger partial charge is 0.326 e. The molecule has 0 spiro atoms. The Bertz CT molecular complexity index is 3810. The van der Waals surface area contributed by atoms with E-state index in [9.17, 15) is 92.3 Å². The summed E-state index contributed by atoms with van der Waals surface area (Å²) in [6.45, 7) is 2.94. The van der Waals surface area contributed by atoms with Crippen molar-refractivity contribution in [1.82, 2.24) is 68.8 Å². The van der Waals surface area contributed by atoms with Crippen molar-refractivity contribution in [2.45, 2.75) is 208 Å². The van der Waals surface area contributed by atoms with Crippen LogP contribution in [0.25, 0.3) is 10.9 Å². The van der Waals surface area contributed by atoms with Crippen LogP contribution in [-0.2, 0) is 84.8 Å². The molecule has 0 aliphatic carbocycles. The van der Waals surface area contributed by atoms with Gasteiger partial charge in [-0.25, -0.2) is 4.79 Å². The Kier molecular flexibility index (Phi) is 45.2. The standard InChI is InChI=1S/C73H117N23O19S/c1-5-39(2)58(70(113)92-52(67(110)93-53(71(114)115)35-57(100)101)34-42-36-84-45-21-10-9-19-43(42)45)96-65(108)48(24-16-31-83-73(80)81)87-66(109)51(33-41-17-7-6-8-18-41)91-59(102)40(3)85-61(104)49(25-26-56(77)99)89-64(107)50(27-32-116-4)90-62(105)47(23-12-14-29-75)88-68(111)54(37-97)95-69(112)55(38-98)94-63(106)46(22-11-13-28-74)86-60(103)44(76)20-15-30-82-72(78)79/h6-10,17-19,21,36,39-40,44,46-55,58,84,97-98H,5,11-16,20,22-35,37-38,74-76H2,1-4H3,(H2,77,99)(H,85,104)(H,86,103)(H,87,109)(H,88,111)(H,89,107)(H,90,105)(H,91,102)(H,92,113)(H,93,110)(H,94,106)(H,95,112)(H,96,108)(H,100,101)(H,114,115)(H4,78,79,82)(H4,80,81,83)/t39-,40-,44-,46-,47-,48-,49-,50-,51-,52-,53-,54-,55-,58-/m0/s1. The maximum absolute atomic E-state index is 14.8. The Morgan fingerprint density at radius 2 is 0.871 bits per heavy atom. The number of thioether (sulfide) groups is 1. The first-order valence-electron chi connectivity index (χ1n) is 38.1. The third kappa shape index (κ3) is 36.0. The molecule has 0 saturated carbocycles. The number of amides is 13. The summed E-state index contributed by atoms with van der Waals surface area (Å²) in [6, 6.07) is -4.94. The van der Waals surface area contributed by atoms with Gasteiger partial charge in [0.05, 0.1) is 25.7 Å². The normalized spacial score (nSPS) is 14.7. The van der Waals surface area contributed by atoms with Crippen LogP contribution in [0.2, 0.25) is 0 Å². The molecule has 0 aliphatic rings. The Morgan fingerprint density at radius 3 is 1.35 bits per heavy atom. The number of benzene rings is 2. The van der Waals surface area contributed by atoms with E-state index in [0.29, 0.717) is 47.7 Å². The minimum absolute atomic E-state index is 0.0325. The van der Waals surface area contributed by atoms with E-state index < -0.39 is 206 Å². The molecule has 0 unspecified atom stereocenters. The molecule has 33 N–H and O–H groups in total. The molecule has 43 heteroatoms. The van der Waals surface area contributed by atoms with Crippen LogP contribution >= 0.6 is 11.8 Å². The number of nitrogens with two attached hydrogens (primary N) is 8. The van der Waals surface area contributed by atoms with Gasteiger partial charge in [-0.15, -0.1) is 0 Å². The quantitative estimate of drug-likeness (QED) is 0.0142. The van der Waals surface area contributed by atoms with Crippen LogP contribution in [-0.4, -0.2) is 256 Å². The zero-order valence-corrected chi connectivity index (χ0v) is 66.5. The first kappa shape index (κ1) is 98.9. The van der Waals surface area contributed by atoms with Crippen molar-refractivity contribution in [3.63, 3.8) is 0 Å². The highest BCUT2D eigenvalue weighted by molar-refractivity contribution is 7.98. The number of hydrogen-bond acceptors (Lipinski definition) is 23. The van der Waals surface area contributed by atoms with Crippen LogP contribution in [0.4, 0.5) is 0 Å². The molecule has 0 bridgehead atoms. The number of aromatic nitrogens is 1. The molecule has 0 saturated heterocycles. The lowest BCUT2D eigenvalue weighted by Crippen LogP contribution is -2.61. The number of nitrogens with zero attached hydrogens (tertiary/aromatic N) is 2. The van der Waals surface area contributed by atoms with Crippen molar-refractivity contribution in [3.8, 4) is 0 Å². The van der Waals surface area contributed by atoms with Crippen LogP contribution in [0.5, 0.6) is 0 Å².